The molecule has 0 aliphatic carbocycles. The number of rotatable bonds is 7. The minimum atomic E-state index is -1.40. The van der Waals surface area contributed by atoms with Gasteiger partial charge in [0.15, 0.2) is 12.4 Å². The van der Waals surface area contributed by atoms with Gasteiger partial charge in [-0.3, -0.25) is 14.2 Å². The van der Waals surface area contributed by atoms with Crippen LogP contribution >= 0.6 is 0 Å². The lowest BCUT2D eigenvalue weighted by Gasteiger charge is -2.23. The molecule has 0 aliphatic rings. The summed E-state index contributed by atoms with van der Waals surface area (Å²) in [6.07, 6.45) is 1.38. The number of aromatic nitrogens is 1. The summed E-state index contributed by atoms with van der Waals surface area (Å²) in [6, 6.07) is 2.94. The van der Waals surface area contributed by atoms with Crippen molar-refractivity contribution in [2.45, 2.75) is 33.2 Å². The molecule has 0 fully saturated rings. The largest absolute Gasteiger partial charge is 0.480 e. The second-order valence-electron chi connectivity index (χ2n) is 5.27. The van der Waals surface area contributed by atoms with Gasteiger partial charge in [-0.2, -0.15) is 0 Å². The van der Waals surface area contributed by atoms with Crippen LogP contribution in [0, 0.1) is 0 Å². The predicted molar refractivity (Wildman–Crippen MR) is 81.1 cm³/mol. The summed E-state index contributed by atoms with van der Waals surface area (Å²) in [5.41, 5.74) is -1.98. The Kier molecular flexibility index (Phi) is 5.73. The van der Waals surface area contributed by atoms with Crippen molar-refractivity contribution in [1.29, 1.82) is 0 Å². The Bertz CT molecular complexity index is 602. The Morgan fingerprint density at radius 2 is 1.91 bits per heavy atom. The average molecular weight is 310 g/mol. The molecule has 0 atom stereocenters. The van der Waals surface area contributed by atoms with Crippen LogP contribution in [0.5, 0.6) is 5.75 Å². The van der Waals surface area contributed by atoms with Crippen molar-refractivity contribution in [2.24, 2.45) is 0 Å². The van der Waals surface area contributed by atoms with E-state index in [-0.39, 0.29) is 18.3 Å². The van der Waals surface area contributed by atoms with Gasteiger partial charge in [-0.05, 0) is 39.8 Å². The Morgan fingerprint density at radius 3 is 2.41 bits per heavy atom. The van der Waals surface area contributed by atoms with Gasteiger partial charge in [0.1, 0.15) is 5.54 Å². The molecule has 1 rings (SSSR count). The van der Waals surface area contributed by atoms with Gasteiger partial charge < -0.3 is 14.7 Å². The quantitative estimate of drug-likeness (QED) is 0.809. The zero-order valence-corrected chi connectivity index (χ0v) is 13.3. The van der Waals surface area contributed by atoms with Gasteiger partial charge in [0.05, 0.1) is 0 Å². The highest BCUT2D eigenvalue weighted by Gasteiger charge is 2.30. The second kappa shape index (κ2) is 7.11. The van der Waals surface area contributed by atoms with Gasteiger partial charge in [0.2, 0.25) is 0 Å². The zero-order valence-electron chi connectivity index (χ0n) is 13.3. The third kappa shape index (κ3) is 3.66. The molecule has 0 saturated heterocycles. The number of ether oxygens (including phenoxy) is 1. The number of carboxylic acid groups (broad SMARTS) is 1. The van der Waals surface area contributed by atoms with E-state index in [0.29, 0.717) is 13.1 Å². The first-order chi connectivity index (χ1) is 10.3. The van der Waals surface area contributed by atoms with Crippen molar-refractivity contribution >= 4 is 11.9 Å². The van der Waals surface area contributed by atoms with Crippen LogP contribution in [0.1, 0.15) is 27.7 Å². The fraction of sp³-hybridized carbons (Fsp3) is 0.533. The topological polar surface area (TPSA) is 88.8 Å². The first-order valence-electron chi connectivity index (χ1n) is 7.11. The molecule has 1 amide bonds. The molecule has 0 radical (unpaired) electrons. The molecule has 0 saturated carbocycles. The summed E-state index contributed by atoms with van der Waals surface area (Å²) in [4.78, 5) is 37.0. The van der Waals surface area contributed by atoms with E-state index in [4.69, 9.17) is 4.74 Å². The van der Waals surface area contributed by atoms with Crippen molar-refractivity contribution < 1.29 is 19.4 Å². The molecule has 0 bridgehead atoms. The van der Waals surface area contributed by atoms with E-state index in [1.807, 2.05) is 13.8 Å². The standard InChI is InChI=1S/C15H22N2O5/c1-5-16(6-2)12(18)10-22-11-8-7-9-17(13(11)19)15(3,4)14(20)21/h7-9H,5-6,10H2,1-4H3,(H,20,21). The zero-order chi connectivity index (χ0) is 16.9. The number of carboxylic acids is 1. The van der Waals surface area contributed by atoms with Crippen LogP contribution in [0.2, 0.25) is 0 Å². The molecular weight excluding hydrogens is 288 g/mol. The lowest BCUT2D eigenvalue weighted by atomic mass is 10.1. The average Bonchev–Trinajstić information content (AvgIpc) is 2.47. The highest BCUT2D eigenvalue weighted by molar-refractivity contribution is 5.77. The van der Waals surface area contributed by atoms with Gasteiger partial charge in [-0.25, -0.2) is 4.79 Å². The van der Waals surface area contributed by atoms with Crippen LogP contribution in [-0.2, 0) is 15.1 Å². The Hall–Kier alpha value is -2.31. The van der Waals surface area contributed by atoms with Crippen molar-refractivity contribution in [1.82, 2.24) is 9.47 Å². The third-order valence-corrected chi connectivity index (χ3v) is 3.51. The number of amides is 1. The molecule has 7 nitrogen and oxygen atoms in total. The Labute approximate surface area is 129 Å². The summed E-state index contributed by atoms with van der Waals surface area (Å²) in [7, 11) is 0. The smallest absolute Gasteiger partial charge is 0.329 e. The molecule has 22 heavy (non-hydrogen) atoms. The molecule has 1 aromatic rings. The fourth-order valence-electron chi connectivity index (χ4n) is 1.93. The van der Waals surface area contributed by atoms with Crippen LogP contribution in [0.15, 0.2) is 23.1 Å². The maximum absolute atomic E-state index is 12.3. The first kappa shape index (κ1) is 17.7. The van der Waals surface area contributed by atoms with Crippen molar-refractivity contribution in [3.05, 3.63) is 28.7 Å². The molecule has 0 spiro atoms. The van der Waals surface area contributed by atoms with Crippen LogP contribution in [0.4, 0.5) is 0 Å². The van der Waals surface area contributed by atoms with Gasteiger partial charge in [0.25, 0.3) is 11.5 Å². The lowest BCUT2D eigenvalue weighted by Crippen LogP contribution is -2.43. The number of nitrogens with zero attached hydrogens (tertiary/aromatic N) is 2. The monoisotopic (exact) mass is 310 g/mol. The molecule has 0 unspecified atom stereocenters. The van der Waals surface area contributed by atoms with E-state index in [1.54, 1.807) is 4.90 Å². The molecule has 0 aliphatic heterocycles. The van der Waals surface area contributed by atoms with E-state index in [9.17, 15) is 19.5 Å². The summed E-state index contributed by atoms with van der Waals surface area (Å²) in [5, 5.41) is 9.20. The van der Waals surface area contributed by atoms with Crippen LogP contribution in [0.3, 0.4) is 0 Å². The number of hydrogen-bond acceptors (Lipinski definition) is 4. The molecule has 0 aromatic carbocycles. The highest BCUT2D eigenvalue weighted by Crippen LogP contribution is 2.14. The van der Waals surface area contributed by atoms with Crippen LogP contribution in [0.25, 0.3) is 0 Å². The minimum Gasteiger partial charge on any atom is -0.480 e. The summed E-state index contributed by atoms with van der Waals surface area (Å²) in [5.74, 6) is -1.40. The van der Waals surface area contributed by atoms with E-state index in [0.717, 1.165) is 4.57 Å². The number of carbonyl (C=O) groups is 2. The van der Waals surface area contributed by atoms with Gasteiger partial charge in [-0.1, -0.05) is 0 Å². The number of aliphatic carboxylic acids is 1. The Morgan fingerprint density at radius 1 is 1.32 bits per heavy atom. The van der Waals surface area contributed by atoms with Crippen LogP contribution in [-0.4, -0.2) is 46.1 Å². The number of likely N-dealkylation sites (N-methyl/N-ethyl adjacent to an activating group) is 1. The highest BCUT2D eigenvalue weighted by atomic mass is 16.5. The minimum absolute atomic E-state index is 0.0441. The van der Waals surface area contributed by atoms with E-state index >= 15 is 0 Å². The third-order valence-electron chi connectivity index (χ3n) is 3.51. The lowest BCUT2D eigenvalue weighted by molar-refractivity contribution is -0.145. The van der Waals surface area contributed by atoms with Crippen LogP contribution < -0.4 is 10.3 Å². The maximum Gasteiger partial charge on any atom is 0.329 e. The predicted octanol–water partition coefficient (Wildman–Crippen LogP) is 0.915. The van der Waals surface area contributed by atoms with Crippen molar-refractivity contribution in [3.8, 4) is 5.75 Å². The second-order valence-corrected chi connectivity index (χ2v) is 5.27. The number of carbonyl (C=O) groups excluding carboxylic acids is 1. The first-order valence-corrected chi connectivity index (χ1v) is 7.11. The van der Waals surface area contributed by atoms with E-state index in [1.165, 1.54) is 32.2 Å². The molecule has 1 heterocycles. The van der Waals surface area contributed by atoms with Gasteiger partial charge in [-0.15, -0.1) is 0 Å². The fourth-order valence-corrected chi connectivity index (χ4v) is 1.93. The molecular formula is C15H22N2O5. The van der Waals surface area contributed by atoms with E-state index < -0.39 is 17.1 Å². The molecule has 1 aromatic heterocycles. The van der Waals surface area contributed by atoms with Crippen molar-refractivity contribution in [2.75, 3.05) is 19.7 Å². The van der Waals surface area contributed by atoms with Gasteiger partial charge in [0, 0.05) is 19.3 Å². The Balaban J connectivity index is 2.98. The summed E-state index contributed by atoms with van der Waals surface area (Å²) >= 11 is 0. The summed E-state index contributed by atoms with van der Waals surface area (Å²) in [6.45, 7) is 7.41. The number of hydrogen-bond donors (Lipinski definition) is 1. The molecule has 7 heteroatoms. The summed E-state index contributed by atoms with van der Waals surface area (Å²) < 4.78 is 6.36. The van der Waals surface area contributed by atoms with E-state index in [2.05, 4.69) is 0 Å². The van der Waals surface area contributed by atoms with Crippen molar-refractivity contribution in [3.63, 3.8) is 0 Å². The molecule has 1 N–H and O–H groups in total. The maximum atomic E-state index is 12.3. The van der Waals surface area contributed by atoms with Gasteiger partial charge >= 0.3 is 5.97 Å². The number of pyridine rings is 1. The molecule has 122 valence electrons. The normalized spacial score (nSPS) is 11.1. The SMILES string of the molecule is CCN(CC)C(=O)COc1cccn(C(C)(C)C(=O)O)c1=O.